The van der Waals surface area contributed by atoms with Crippen molar-refractivity contribution < 1.29 is 23.1 Å². The van der Waals surface area contributed by atoms with Gasteiger partial charge in [-0.1, -0.05) is 12.1 Å². The first-order valence-electron chi connectivity index (χ1n) is 5.21. The molecule has 0 bridgehead atoms. The molecule has 0 aliphatic heterocycles. The molecule has 0 aliphatic rings. The summed E-state index contributed by atoms with van der Waals surface area (Å²) in [5.41, 5.74) is 1.58. The van der Waals surface area contributed by atoms with Crippen molar-refractivity contribution in [3.05, 3.63) is 42.1 Å². The zero-order valence-corrected chi connectivity index (χ0v) is 9.48. The number of pyridine rings is 1. The van der Waals surface area contributed by atoms with Crippen LogP contribution in [-0.2, 0) is 10.3 Å². The number of rotatable bonds is 2. The molecule has 100 valence electrons. The molecule has 4 nitrogen and oxygen atoms in total. The molecule has 3 N–H and O–H groups in total. The molecule has 0 amide bonds. The Labute approximate surface area is 105 Å². The Balaban J connectivity index is 2.67. The van der Waals surface area contributed by atoms with E-state index < -0.39 is 23.2 Å². The van der Waals surface area contributed by atoms with Crippen LogP contribution >= 0.6 is 0 Å². The lowest BCUT2D eigenvalue weighted by Crippen LogP contribution is -2.56. The van der Waals surface area contributed by atoms with Gasteiger partial charge in [0.25, 0.3) is 0 Å². The van der Waals surface area contributed by atoms with Crippen LogP contribution in [0.1, 0.15) is 5.56 Å². The van der Waals surface area contributed by atoms with E-state index in [-0.39, 0.29) is 0 Å². The van der Waals surface area contributed by atoms with Crippen molar-refractivity contribution in [1.82, 2.24) is 4.98 Å². The molecule has 19 heavy (non-hydrogen) atoms. The molecule has 0 spiro atoms. The van der Waals surface area contributed by atoms with Crippen LogP contribution in [0, 0.1) is 0 Å². The van der Waals surface area contributed by atoms with E-state index in [0.717, 1.165) is 12.1 Å². The first-order valence-corrected chi connectivity index (χ1v) is 5.21. The second kappa shape index (κ2) is 4.20. The fourth-order valence-electron chi connectivity index (χ4n) is 1.73. The van der Waals surface area contributed by atoms with Crippen LogP contribution in [0.3, 0.4) is 0 Å². The van der Waals surface area contributed by atoms with Crippen molar-refractivity contribution in [3.8, 4) is 0 Å². The molecular formula is C12H9F3N2O2. The Hall–Kier alpha value is -2.15. The standard InChI is InChI=1S/C12H9F3N2O2/c13-12(14,15)11(16,10(18)19)8-3-4-9-7(6-8)2-1-5-17-9/h1-6H,16H2,(H,18,19). The second-order valence-corrected chi connectivity index (χ2v) is 4.02. The molecule has 0 saturated carbocycles. The third kappa shape index (κ3) is 2.01. The smallest absolute Gasteiger partial charge is 0.421 e. The minimum atomic E-state index is -5.10. The van der Waals surface area contributed by atoms with Crippen LogP contribution in [0.5, 0.6) is 0 Å². The number of nitrogens with two attached hydrogens (primary N) is 1. The van der Waals surface area contributed by atoms with Gasteiger partial charge in [0, 0.05) is 11.6 Å². The Morgan fingerprint density at radius 2 is 1.95 bits per heavy atom. The lowest BCUT2D eigenvalue weighted by molar-refractivity contribution is -0.204. The van der Waals surface area contributed by atoms with Gasteiger partial charge < -0.3 is 10.8 Å². The van der Waals surface area contributed by atoms with E-state index in [1.54, 1.807) is 6.07 Å². The molecule has 1 unspecified atom stereocenters. The van der Waals surface area contributed by atoms with Crippen LogP contribution < -0.4 is 5.73 Å². The number of carbonyl (C=O) groups is 1. The van der Waals surface area contributed by atoms with Crippen molar-refractivity contribution in [2.45, 2.75) is 11.7 Å². The zero-order valence-electron chi connectivity index (χ0n) is 9.48. The van der Waals surface area contributed by atoms with Crippen molar-refractivity contribution >= 4 is 16.9 Å². The van der Waals surface area contributed by atoms with Gasteiger partial charge in [0.2, 0.25) is 5.54 Å². The van der Waals surface area contributed by atoms with Gasteiger partial charge in [0.05, 0.1) is 5.52 Å². The number of halogens is 3. The van der Waals surface area contributed by atoms with Crippen molar-refractivity contribution in [3.63, 3.8) is 0 Å². The van der Waals surface area contributed by atoms with Crippen LogP contribution in [0.15, 0.2) is 36.5 Å². The van der Waals surface area contributed by atoms with Crippen LogP contribution in [0.25, 0.3) is 10.9 Å². The van der Waals surface area contributed by atoms with E-state index in [0.29, 0.717) is 10.9 Å². The lowest BCUT2D eigenvalue weighted by Gasteiger charge is -2.27. The number of hydrogen-bond donors (Lipinski definition) is 2. The maximum atomic E-state index is 12.9. The summed E-state index contributed by atoms with van der Waals surface area (Å²) in [6.07, 6.45) is -3.62. The van der Waals surface area contributed by atoms with Gasteiger partial charge in [0.15, 0.2) is 0 Å². The Bertz CT molecular complexity index is 642. The van der Waals surface area contributed by atoms with E-state index in [1.165, 1.54) is 18.3 Å². The van der Waals surface area contributed by atoms with Gasteiger partial charge in [0.1, 0.15) is 0 Å². The van der Waals surface area contributed by atoms with E-state index in [4.69, 9.17) is 10.8 Å². The number of carboxylic acids is 1. The largest absolute Gasteiger partial charge is 0.479 e. The van der Waals surface area contributed by atoms with Crippen molar-refractivity contribution in [1.29, 1.82) is 0 Å². The zero-order chi connectivity index (χ0) is 14.3. The van der Waals surface area contributed by atoms with E-state index in [9.17, 15) is 18.0 Å². The molecule has 7 heteroatoms. The molecule has 1 aromatic heterocycles. The first kappa shape index (κ1) is 13.3. The number of carboxylic acid groups (broad SMARTS) is 1. The van der Waals surface area contributed by atoms with E-state index in [2.05, 4.69) is 4.98 Å². The fourth-order valence-corrected chi connectivity index (χ4v) is 1.73. The van der Waals surface area contributed by atoms with Crippen molar-refractivity contribution in [2.24, 2.45) is 5.73 Å². The molecule has 1 aromatic carbocycles. The highest BCUT2D eigenvalue weighted by atomic mass is 19.4. The fraction of sp³-hybridized carbons (Fsp3) is 0.167. The highest BCUT2D eigenvalue weighted by molar-refractivity contribution is 5.85. The van der Waals surface area contributed by atoms with Gasteiger partial charge in [-0.25, -0.2) is 4.79 Å². The topological polar surface area (TPSA) is 76.2 Å². The highest BCUT2D eigenvalue weighted by Gasteiger charge is 2.59. The van der Waals surface area contributed by atoms with Crippen LogP contribution in [0.4, 0.5) is 13.2 Å². The summed E-state index contributed by atoms with van der Waals surface area (Å²) < 4.78 is 38.8. The predicted molar refractivity (Wildman–Crippen MR) is 61.3 cm³/mol. The first-order chi connectivity index (χ1) is 8.76. The number of hydrogen-bond acceptors (Lipinski definition) is 3. The summed E-state index contributed by atoms with van der Waals surface area (Å²) in [6, 6.07) is 6.49. The number of aromatic nitrogens is 1. The molecule has 0 saturated heterocycles. The number of benzene rings is 1. The minimum absolute atomic E-state index is 0.389. The SMILES string of the molecule is NC(C(=O)O)(c1ccc2ncccc2c1)C(F)(F)F. The molecule has 1 heterocycles. The maximum Gasteiger partial charge on any atom is 0.421 e. The van der Waals surface area contributed by atoms with Crippen LogP contribution in [-0.4, -0.2) is 22.2 Å². The molecule has 1 atom stereocenters. The summed E-state index contributed by atoms with van der Waals surface area (Å²) in [7, 11) is 0. The van der Waals surface area contributed by atoms with Crippen LogP contribution in [0.2, 0.25) is 0 Å². The maximum absolute atomic E-state index is 12.9. The molecule has 2 rings (SSSR count). The third-order valence-electron chi connectivity index (χ3n) is 2.84. The summed E-state index contributed by atoms with van der Waals surface area (Å²) in [4.78, 5) is 14.9. The summed E-state index contributed by atoms with van der Waals surface area (Å²) in [5, 5.41) is 9.22. The summed E-state index contributed by atoms with van der Waals surface area (Å²) in [6.45, 7) is 0. The number of aliphatic carboxylic acids is 1. The van der Waals surface area contributed by atoms with E-state index >= 15 is 0 Å². The quantitative estimate of drug-likeness (QED) is 0.875. The van der Waals surface area contributed by atoms with Gasteiger partial charge in [-0.3, -0.25) is 4.98 Å². The summed E-state index contributed by atoms with van der Waals surface area (Å²) in [5.74, 6) is -2.15. The Kier molecular flexibility index (Phi) is 2.94. The average Bonchev–Trinajstić information content (AvgIpc) is 2.35. The number of alkyl halides is 3. The van der Waals surface area contributed by atoms with Crippen molar-refractivity contribution in [2.75, 3.05) is 0 Å². The Morgan fingerprint density at radius 1 is 1.26 bits per heavy atom. The molecule has 0 radical (unpaired) electrons. The second-order valence-electron chi connectivity index (χ2n) is 4.02. The minimum Gasteiger partial charge on any atom is -0.479 e. The monoisotopic (exact) mass is 270 g/mol. The molecular weight excluding hydrogens is 261 g/mol. The van der Waals surface area contributed by atoms with E-state index in [1.807, 2.05) is 0 Å². The Morgan fingerprint density at radius 3 is 2.53 bits per heavy atom. The molecule has 2 aromatic rings. The molecule has 0 aliphatic carbocycles. The predicted octanol–water partition coefficient (Wildman–Crippen LogP) is 2.04. The highest BCUT2D eigenvalue weighted by Crippen LogP contribution is 2.37. The number of fused-ring (bicyclic) bond motifs is 1. The lowest BCUT2D eigenvalue weighted by atomic mass is 9.89. The van der Waals surface area contributed by atoms with Gasteiger partial charge in [-0.15, -0.1) is 0 Å². The third-order valence-corrected chi connectivity index (χ3v) is 2.84. The average molecular weight is 270 g/mol. The molecule has 0 fully saturated rings. The number of nitrogens with zero attached hydrogens (tertiary/aromatic N) is 1. The van der Waals surface area contributed by atoms with Gasteiger partial charge in [-0.05, 0) is 23.8 Å². The normalized spacial score (nSPS) is 15.2. The van der Waals surface area contributed by atoms with Gasteiger partial charge in [-0.2, -0.15) is 13.2 Å². The van der Waals surface area contributed by atoms with Gasteiger partial charge >= 0.3 is 12.1 Å². The summed E-state index contributed by atoms with van der Waals surface area (Å²) >= 11 is 0.